The topological polar surface area (TPSA) is 117 Å². The highest BCUT2D eigenvalue weighted by molar-refractivity contribution is 5.90. The van der Waals surface area contributed by atoms with Gasteiger partial charge >= 0.3 is 0 Å². The summed E-state index contributed by atoms with van der Waals surface area (Å²) in [5, 5.41) is 14.8. The summed E-state index contributed by atoms with van der Waals surface area (Å²) in [4.78, 5) is 13.4. The average Bonchev–Trinajstić information content (AvgIpc) is 3.10. The zero-order valence-corrected chi connectivity index (χ0v) is 14.3. The molecule has 0 aliphatic carbocycles. The van der Waals surface area contributed by atoms with E-state index in [0.29, 0.717) is 28.7 Å². The number of amides is 1. The number of nitrogens with zero attached hydrogens (tertiary/aromatic N) is 4. The van der Waals surface area contributed by atoms with Gasteiger partial charge in [-0.15, -0.1) is 10.2 Å². The number of nitrogen functional groups attached to an aromatic ring is 1. The second-order valence-corrected chi connectivity index (χ2v) is 5.38. The van der Waals surface area contributed by atoms with Gasteiger partial charge in [0.25, 0.3) is 0 Å². The van der Waals surface area contributed by atoms with Crippen LogP contribution in [0.5, 0.6) is 11.5 Å². The summed E-state index contributed by atoms with van der Waals surface area (Å²) < 4.78 is 10.4. The Morgan fingerprint density at radius 2 is 1.85 bits per heavy atom. The Morgan fingerprint density at radius 1 is 1.12 bits per heavy atom. The van der Waals surface area contributed by atoms with Gasteiger partial charge in [-0.05, 0) is 41.6 Å². The zero-order chi connectivity index (χ0) is 18.5. The molecule has 3 N–H and O–H groups in total. The molecule has 0 atom stereocenters. The van der Waals surface area contributed by atoms with E-state index in [1.54, 1.807) is 49.6 Å². The van der Waals surface area contributed by atoms with Gasteiger partial charge in [0.1, 0.15) is 6.54 Å². The summed E-state index contributed by atoms with van der Waals surface area (Å²) in [6.07, 6.45) is 0. The SMILES string of the molecule is COc1ccc(NC(=O)Cn2nnc(-c3ccc(N)cc3)n2)cc1OC. The summed E-state index contributed by atoms with van der Waals surface area (Å²) in [5.74, 6) is 1.23. The lowest BCUT2D eigenvalue weighted by Crippen LogP contribution is -2.20. The van der Waals surface area contributed by atoms with Crippen LogP contribution in [-0.2, 0) is 11.3 Å². The first-order chi connectivity index (χ1) is 12.6. The van der Waals surface area contributed by atoms with Crippen molar-refractivity contribution in [3.63, 3.8) is 0 Å². The second-order valence-electron chi connectivity index (χ2n) is 5.38. The van der Waals surface area contributed by atoms with Crippen LogP contribution in [-0.4, -0.2) is 40.3 Å². The Hall–Kier alpha value is -3.62. The number of methoxy groups -OCH3 is 2. The Balaban J connectivity index is 1.66. The molecule has 0 aliphatic rings. The third kappa shape index (κ3) is 3.89. The minimum Gasteiger partial charge on any atom is -0.493 e. The van der Waals surface area contributed by atoms with E-state index >= 15 is 0 Å². The normalized spacial score (nSPS) is 10.4. The van der Waals surface area contributed by atoms with Crippen molar-refractivity contribution in [3.8, 4) is 22.9 Å². The van der Waals surface area contributed by atoms with Crippen molar-refractivity contribution in [2.45, 2.75) is 6.54 Å². The monoisotopic (exact) mass is 354 g/mol. The lowest BCUT2D eigenvalue weighted by molar-refractivity contribution is -0.117. The fourth-order valence-corrected chi connectivity index (χ4v) is 2.30. The molecule has 1 amide bonds. The first-order valence-electron chi connectivity index (χ1n) is 7.74. The van der Waals surface area contributed by atoms with E-state index < -0.39 is 0 Å². The van der Waals surface area contributed by atoms with Crippen molar-refractivity contribution in [2.75, 3.05) is 25.3 Å². The summed E-state index contributed by atoms with van der Waals surface area (Å²) in [6.45, 7) is -0.0731. The van der Waals surface area contributed by atoms with Crippen molar-refractivity contribution in [1.82, 2.24) is 20.2 Å². The summed E-state index contributed by atoms with van der Waals surface area (Å²) in [7, 11) is 3.08. The van der Waals surface area contributed by atoms with Crippen LogP contribution in [0.2, 0.25) is 0 Å². The van der Waals surface area contributed by atoms with Crippen LogP contribution in [0.25, 0.3) is 11.4 Å². The molecule has 0 unspecified atom stereocenters. The fourth-order valence-electron chi connectivity index (χ4n) is 2.30. The van der Waals surface area contributed by atoms with Gasteiger partial charge in [0.2, 0.25) is 11.7 Å². The maximum Gasteiger partial charge on any atom is 0.248 e. The molecule has 26 heavy (non-hydrogen) atoms. The molecular formula is C17H18N6O3. The number of hydrogen-bond acceptors (Lipinski definition) is 7. The molecule has 2 aromatic carbocycles. The van der Waals surface area contributed by atoms with E-state index in [0.717, 1.165) is 5.56 Å². The molecule has 3 rings (SSSR count). The minimum atomic E-state index is -0.293. The van der Waals surface area contributed by atoms with Crippen molar-refractivity contribution in [3.05, 3.63) is 42.5 Å². The highest BCUT2D eigenvalue weighted by Gasteiger charge is 2.11. The van der Waals surface area contributed by atoms with E-state index in [-0.39, 0.29) is 12.5 Å². The van der Waals surface area contributed by atoms with Gasteiger partial charge in [-0.25, -0.2) is 0 Å². The molecule has 0 radical (unpaired) electrons. The number of benzene rings is 2. The third-order valence-electron chi connectivity index (χ3n) is 3.57. The number of anilines is 2. The van der Waals surface area contributed by atoms with Crippen molar-refractivity contribution in [1.29, 1.82) is 0 Å². The van der Waals surface area contributed by atoms with Crippen LogP contribution in [0.4, 0.5) is 11.4 Å². The van der Waals surface area contributed by atoms with Crippen molar-refractivity contribution < 1.29 is 14.3 Å². The lowest BCUT2D eigenvalue weighted by atomic mass is 10.2. The first kappa shape index (κ1) is 17.2. The number of rotatable bonds is 6. The predicted octanol–water partition coefficient (Wildman–Crippen LogP) is 1.58. The van der Waals surface area contributed by atoms with E-state index in [1.165, 1.54) is 11.9 Å². The molecule has 1 aromatic heterocycles. The van der Waals surface area contributed by atoms with Gasteiger partial charge in [0.15, 0.2) is 11.5 Å². The predicted molar refractivity (Wildman–Crippen MR) is 95.8 cm³/mol. The maximum atomic E-state index is 12.2. The maximum absolute atomic E-state index is 12.2. The molecule has 134 valence electrons. The molecule has 0 bridgehead atoms. The Kier molecular flexibility index (Phi) is 4.97. The molecule has 0 spiro atoms. The molecule has 9 heteroatoms. The van der Waals surface area contributed by atoms with Crippen LogP contribution < -0.4 is 20.5 Å². The van der Waals surface area contributed by atoms with Gasteiger partial charge in [-0.3, -0.25) is 4.79 Å². The van der Waals surface area contributed by atoms with Crippen LogP contribution in [0.15, 0.2) is 42.5 Å². The summed E-state index contributed by atoms with van der Waals surface area (Å²) in [6, 6.07) is 12.2. The molecule has 3 aromatic rings. The number of tetrazole rings is 1. The number of nitrogens with two attached hydrogens (primary N) is 1. The Morgan fingerprint density at radius 3 is 2.54 bits per heavy atom. The molecule has 0 aliphatic heterocycles. The number of carbonyl (C=O) groups is 1. The van der Waals surface area contributed by atoms with Gasteiger partial charge in [0.05, 0.1) is 14.2 Å². The minimum absolute atomic E-state index is 0.0731. The fraction of sp³-hybridized carbons (Fsp3) is 0.176. The number of aromatic nitrogens is 4. The van der Waals surface area contributed by atoms with Gasteiger partial charge < -0.3 is 20.5 Å². The average molecular weight is 354 g/mol. The Labute approximate surface area is 149 Å². The highest BCUT2D eigenvalue weighted by atomic mass is 16.5. The quantitative estimate of drug-likeness (QED) is 0.645. The summed E-state index contributed by atoms with van der Waals surface area (Å²) in [5.41, 5.74) is 7.65. The number of carbonyl (C=O) groups excluding carboxylic acids is 1. The van der Waals surface area contributed by atoms with Crippen LogP contribution in [0.3, 0.4) is 0 Å². The molecular weight excluding hydrogens is 336 g/mol. The van der Waals surface area contributed by atoms with Gasteiger partial charge in [0, 0.05) is 23.0 Å². The molecule has 0 saturated carbocycles. The molecule has 1 heterocycles. The van der Waals surface area contributed by atoms with E-state index in [9.17, 15) is 4.79 Å². The van der Waals surface area contributed by atoms with E-state index in [4.69, 9.17) is 15.2 Å². The first-order valence-corrected chi connectivity index (χ1v) is 7.74. The lowest BCUT2D eigenvalue weighted by Gasteiger charge is -2.10. The second kappa shape index (κ2) is 7.51. The molecule has 0 saturated heterocycles. The standard InChI is InChI=1S/C17H18N6O3/c1-25-14-8-7-13(9-15(14)26-2)19-16(24)10-23-21-17(20-22-23)11-3-5-12(18)6-4-11/h3-9H,10,18H2,1-2H3,(H,19,24). The van der Waals surface area contributed by atoms with Crippen LogP contribution >= 0.6 is 0 Å². The third-order valence-corrected chi connectivity index (χ3v) is 3.57. The van der Waals surface area contributed by atoms with E-state index in [2.05, 4.69) is 20.7 Å². The van der Waals surface area contributed by atoms with Gasteiger partial charge in [-0.2, -0.15) is 4.80 Å². The smallest absolute Gasteiger partial charge is 0.248 e. The largest absolute Gasteiger partial charge is 0.493 e. The molecule has 9 nitrogen and oxygen atoms in total. The number of nitrogens with one attached hydrogen (secondary N) is 1. The van der Waals surface area contributed by atoms with Gasteiger partial charge in [-0.1, -0.05) is 0 Å². The number of ether oxygens (including phenoxy) is 2. The van der Waals surface area contributed by atoms with Crippen LogP contribution in [0.1, 0.15) is 0 Å². The van der Waals surface area contributed by atoms with Crippen molar-refractivity contribution >= 4 is 17.3 Å². The van der Waals surface area contributed by atoms with E-state index in [1.807, 2.05) is 0 Å². The number of hydrogen-bond donors (Lipinski definition) is 2. The van der Waals surface area contributed by atoms with Crippen LogP contribution in [0, 0.1) is 0 Å². The van der Waals surface area contributed by atoms with Crippen molar-refractivity contribution in [2.24, 2.45) is 0 Å². The highest BCUT2D eigenvalue weighted by Crippen LogP contribution is 2.29. The Bertz CT molecular complexity index is 907. The molecule has 0 fully saturated rings. The zero-order valence-electron chi connectivity index (χ0n) is 14.3. The summed E-state index contributed by atoms with van der Waals surface area (Å²) >= 11 is 0.